The third-order valence-electron chi connectivity index (χ3n) is 3.77. The van der Waals surface area contributed by atoms with Crippen molar-refractivity contribution in [3.63, 3.8) is 0 Å². The fourth-order valence-corrected chi connectivity index (χ4v) is 2.56. The molecule has 0 saturated carbocycles. The molecular formula is C18H21N3O. The van der Waals surface area contributed by atoms with Crippen LogP contribution in [-0.2, 0) is 0 Å². The molecule has 0 aliphatic rings. The van der Waals surface area contributed by atoms with Crippen LogP contribution in [0.15, 0.2) is 42.6 Å². The maximum atomic E-state index is 5.21. The zero-order chi connectivity index (χ0) is 15.7. The first-order valence-electron chi connectivity index (χ1n) is 7.49. The van der Waals surface area contributed by atoms with E-state index in [2.05, 4.69) is 36.6 Å². The van der Waals surface area contributed by atoms with Gasteiger partial charge in [0.2, 0.25) is 0 Å². The Hall–Kier alpha value is -2.49. The van der Waals surface area contributed by atoms with Crippen molar-refractivity contribution in [3.8, 4) is 5.75 Å². The summed E-state index contributed by atoms with van der Waals surface area (Å²) >= 11 is 0. The van der Waals surface area contributed by atoms with Gasteiger partial charge in [0.15, 0.2) is 0 Å². The van der Waals surface area contributed by atoms with Crippen molar-refractivity contribution in [1.29, 1.82) is 0 Å². The highest BCUT2D eigenvalue weighted by Gasteiger charge is 2.16. The molecule has 3 aromatic rings. The third-order valence-corrected chi connectivity index (χ3v) is 3.77. The highest BCUT2D eigenvalue weighted by Crippen LogP contribution is 2.29. The number of hydrogen-bond acceptors (Lipinski definition) is 3. The Morgan fingerprint density at radius 3 is 2.50 bits per heavy atom. The molecule has 0 amide bonds. The van der Waals surface area contributed by atoms with Gasteiger partial charge in [0.05, 0.1) is 12.8 Å². The Morgan fingerprint density at radius 2 is 1.86 bits per heavy atom. The van der Waals surface area contributed by atoms with Gasteiger partial charge in [-0.25, -0.2) is 4.98 Å². The molecule has 4 heteroatoms. The number of benzene rings is 1. The lowest BCUT2D eigenvalue weighted by Crippen LogP contribution is -2.00. The second-order valence-corrected chi connectivity index (χ2v) is 5.74. The number of aromatic nitrogens is 2. The minimum Gasteiger partial charge on any atom is -0.497 e. The highest BCUT2D eigenvalue weighted by molar-refractivity contribution is 5.66. The van der Waals surface area contributed by atoms with Gasteiger partial charge in [-0.05, 0) is 48.7 Å². The summed E-state index contributed by atoms with van der Waals surface area (Å²) in [5.74, 6) is 2.22. The van der Waals surface area contributed by atoms with E-state index in [1.54, 1.807) is 7.11 Å². The normalized spacial score (nSPS) is 11.1. The lowest BCUT2D eigenvalue weighted by Gasteiger charge is -2.11. The summed E-state index contributed by atoms with van der Waals surface area (Å²) in [6, 6.07) is 12.1. The molecule has 0 fully saturated rings. The zero-order valence-corrected chi connectivity index (χ0v) is 13.4. The standard InChI is InChI=1S/C18H21N3O/c1-12(2)16-18(19-14-7-9-15(22-4)10-8-14)21-11-5-6-13(3)17(21)20-16/h5-12,19H,1-4H3. The highest BCUT2D eigenvalue weighted by atomic mass is 16.5. The molecule has 0 atom stereocenters. The molecular weight excluding hydrogens is 274 g/mol. The lowest BCUT2D eigenvalue weighted by atomic mass is 10.1. The molecule has 1 aromatic carbocycles. The maximum Gasteiger partial charge on any atom is 0.141 e. The largest absolute Gasteiger partial charge is 0.497 e. The zero-order valence-electron chi connectivity index (χ0n) is 13.4. The van der Waals surface area contributed by atoms with Gasteiger partial charge in [0.1, 0.15) is 17.2 Å². The van der Waals surface area contributed by atoms with Crippen LogP contribution in [0.5, 0.6) is 5.75 Å². The summed E-state index contributed by atoms with van der Waals surface area (Å²) < 4.78 is 7.33. The Bertz CT molecular complexity index is 788. The number of aryl methyl sites for hydroxylation is 1. The van der Waals surface area contributed by atoms with Crippen molar-refractivity contribution in [3.05, 3.63) is 53.9 Å². The predicted octanol–water partition coefficient (Wildman–Crippen LogP) is 4.52. The number of anilines is 2. The first kappa shape index (κ1) is 14.4. The van der Waals surface area contributed by atoms with Crippen LogP contribution in [0.3, 0.4) is 0 Å². The molecule has 0 aliphatic carbocycles. The van der Waals surface area contributed by atoms with Crippen molar-refractivity contribution in [2.75, 3.05) is 12.4 Å². The number of nitrogens with one attached hydrogen (secondary N) is 1. The molecule has 1 N–H and O–H groups in total. The minimum absolute atomic E-state index is 0.347. The van der Waals surface area contributed by atoms with Gasteiger partial charge in [-0.2, -0.15) is 0 Å². The quantitative estimate of drug-likeness (QED) is 0.769. The number of hydrogen-bond donors (Lipinski definition) is 1. The van der Waals surface area contributed by atoms with Gasteiger partial charge in [-0.3, -0.25) is 4.40 Å². The fourth-order valence-electron chi connectivity index (χ4n) is 2.56. The van der Waals surface area contributed by atoms with Gasteiger partial charge in [-0.15, -0.1) is 0 Å². The molecule has 4 nitrogen and oxygen atoms in total. The van der Waals surface area contributed by atoms with E-state index in [0.29, 0.717) is 5.92 Å². The van der Waals surface area contributed by atoms with E-state index < -0.39 is 0 Å². The molecule has 2 aromatic heterocycles. The molecule has 2 heterocycles. The van der Waals surface area contributed by atoms with Crippen LogP contribution in [0, 0.1) is 6.92 Å². The van der Waals surface area contributed by atoms with Gasteiger partial charge in [0.25, 0.3) is 0 Å². The van der Waals surface area contributed by atoms with Crippen LogP contribution >= 0.6 is 0 Å². The first-order valence-corrected chi connectivity index (χ1v) is 7.49. The van der Waals surface area contributed by atoms with Crippen molar-refractivity contribution < 1.29 is 4.74 Å². The molecule has 114 valence electrons. The lowest BCUT2D eigenvalue weighted by molar-refractivity contribution is 0.415. The SMILES string of the molecule is COc1ccc(Nc2c(C(C)C)nc3c(C)cccn23)cc1. The second kappa shape index (κ2) is 5.72. The number of methoxy groups -OCH3 is 1. The van der Waals surface area contributed by atoms with Crippen LogP contribution < -0.4 is 10.1 Å². The fraction of sp³-hybridized carbons (Fsp3) is 0.278. The van der Waals surface area contributed by atoms with E-state index in [1.165, 1.54) is 5.56 Å². The van der Waals surface area contributed by atoms with Crippen molar-refractivity contribution in [1.82, 2.24) is 9.38 Å². The van der Waals surface area contributed by atoms with Crippen LogP contribution in [0.1, 0.15) is 31.0 Å². The number of fused-ring (bicyclic) bond motifs is 1. The predicted molar refractivity (Wildman–Crippen MR) is 90.3 cm³/mol. The van der Waals surface area contributed by atoms with Crippen LogP contribution in [-0.4, -0.2) is 16.5 Å². The van der Waals surface area contributed by atoms with E-state index >= 15 is 0 Å². The average molecular weight is 295 g/mol. The smallest absolute Gasteiger partial charge is 0.141 e. The molecule has 0 spiro atoms. The van der Waals surface area contributed by atoms with E-state index in [1.807, 2.05) is 36.5 Å². The van der Waals surface area contributed by atoms with E-state index in [0.717, 1.165) is 28.6 Å². The minimum atomic E-state index is 0.347. The Balaban J connectivity index is 2.07. The van der Waals surface area contributed by atoms with Gasteiger partial charge in [-0.1, -0.05) is 19.9 Å². The summed E-state index contributed by atoms with van der Waals surface area (Å²) in [5.41, 5.74) is 4.27. The molecule has 22 heavy (non-hydrogen) atoms. The number of ether oxygens (including phenoxy) is 1. The number of nitrogens with zero attached hydrogens (tertiary/aromatic N) is 2. The van der Waals surface area contributed by atoms with Crippen molar-refractivity contribution in [2.24, 2.45) is 0 Å². The van der Waals surface area contributed by atoms with Gasteiger partial charge < -0.3 is 10.1 Å². The van der Waals surface area contributed by atoms with Crippen LogP contribution in [0.4, 0.5) is 11.5 Å². The molecule has 0 aliphatic heterocycles. The number of imidazole rings is 1. The summed E-state index contributed by atoms with van der Waals surface area (Å²) in [4.78, 5) is 4.82. The Labute approximate surface area is 130 Å². The monoisotopic (exact) mass is 295 g/mol. The summed E-state index contributed by atoms with van der Waals surface area (Å²) in [6.45, 7) is 6.41. The van der Waals surface area contributed by atoms with Crippen LogP contribution in [0.25, 0.3) is 5.65 Å². The van der Waals surface area contributed by atoms with E-state index in [9.17, 15) is 0 Å². The van der Waals surface area contributed by atoms with Gasteiger partial charge >= 0.3 is 0 Å². The number of rotatable bonds is 4. The molecule has 0 bridgehead atoms. The molecule has 3 rings (SSSR count). The number of pyridine rings is 1. The average Bonchev–Trinajstić information content (AvgIpc) is 2.89. The van der Waals surface area contributed by atoms with Crippen molar-refractivity contribution >= 4 is 17.2 Å². The van der Waals surface area contributed by atoms with Gasteiger partial charge in [0, 0.05) is 11.9 Å². The molecule has 0 radical (unpaired) electrons. The topological polar surface area (TPSA) is 38.6 Å². The van der Waals surface area contributed by atoms with E-state index in [4.69, 9.17) is 9.72 Å². The molecule has 0 unspecified atom stereocenters. The second-order valence-electron chi connectivity index (χ2n) is 5.74. The summed E-state index contributed by atoms with van der Waals surface area (Å²) in [6.07, 6.45) is 2.05. The Morgan fingerprint density at radius 1 is 1.14 bits per heavy atom. The summed E-state index contributed by atoms with van der Waals surface area (Å²) in [7, 11) is 1.67. The van der Waals surface area contributed by atoms with Crippen LogP contribution in [0.2, 0.25) is 0 Å². The van der Waals surface area contributed by atoms with Crippen molar-refractivity contribution in [2.45, 2.75) is 26.7 Å². The molecule has 0 saturated heterocycles. The maximum absolute atomic E-state index is 5.21. The first-order chi connectivity index (χ1) is 10.6. The summed E-state index contributed by atoms with van der Waals surface area (Å²) in [5, 5.41) is 3.50. The Kier molecular flexibility index (Phi) is 3.75. The third kappa shape index (κ3) is 2.52. The van der Waals surface area contributed by atoms with E-state index in [-0.39, 0.29) is 0 Å².